The van der Waals surface area contributed by atoms with Gasteiger partial charge in [-0.3, -0.25) is 4.79 Å². The van der Waals surface area contributed by atoms with E-state index in [9.17, 15) is 4.79 Å². The van der Waals surface area contributed by atoms with E-state index in [1.54, 1.807) is 14.0 Å². The van der Waals surface area contributed by atoms with Gasteiger partial charge in [-0.2, -0.15) is 0 Å². The van der Waals surface area contributed by atoms with Crippen molar-refractivity contribution in [1.29, 1.82) is 0 Å². The minimum atomic E-state index is -0.578. The lowest BCUT2D eigenvalue weighted by Crippen LogP contribution is -2.38. The zero-order chi connectivity index (χ0) is 21.0. The van der Waals surface area contributed by atoms with Crippen molar-refractivity contribution in [3.05, 3.63) is 58.1 Å². The molecule has 2 aromatic carbocycles. The van der Waals surface area contributed by atoms with Crippen LogP contribution in [0.2, 0.25) is 0 Å². The van der Waals surface area contributed by atoms with Crippen LogP contribution >= 0.6 is 0 Å². The minimum Gasteiger partial charge on any atom is -0.496 e. The van der Waals surface area contributed by atoms with Gasteiger partial charge in [0.1, 0.15) is 11.5 Å². The Hall–Kier alpha value is -2.49. The molecular weight excluding hydrogens is 350 g/mol. The highest BCUT2D eigenvalue weighted by atomic mass is 16.5. The summed E-state index contributed by atoms with van der Waals surface area (Å²) in [7, 11) is 1.69. The van der Waals surface area contributed by atoms with Crippen LogP contribution in [0.25, 0.3) is 0 Å². The molecule has 0 radical (unpaired) electrons. The average Bonchev–Trinajstić information content (AvgIpc) is 2.63. The predicted octanol–water partition coefficient (Wildman–Crippen LogP) is 5.39. The Kier molecular flexibility index (Phi) is 7.11. The van der Waals surface area contributed by atoms with Crippen LogP contribution in [0.1, 0.15) is 67.5 Å². The molecular formula is C24H33NO3. The second-order valence-electron chi connectivity index (χ2n) is 7.86. The molecule has 1 N–H and O–H groups in total. The summed E-state index contributed by atoms with van der Waals surface area (Å²) in [6.45, 7) is 14.1. The molecule has 152 valence electrons. The lowest BCUT2D eigenvalue weighted by Gasteiger charge is -2.23. The van der Waals surface area contributed by atoms with Crippen molar-refractivity contribution < 1.29 is 14.3 Å². The molecule has 2 atom stereocenters. The van der Waals surface area contributed by atoms with Gasteiger partial charge in [-0.25, -0.2) is 0 Å². The van der Waals surface area contributed by atoms with Gasteiger partial charge < -0.3 is 14.8 Å². The van der Waals surface area contributed by atoms with E-state index < -0.39 is 6.10 Å². The molecule has 0 saturated heterocycles. The molecule has 0 aromatic heterocycles. The van der Waals surface area contributed by atoms with E-state index in [0.717, 1.165) is 39.3 Å². The van der Waals surface area contributed by atoms with E-state index in [1.807, 2.05) is 52.0 Å². The molecule has 0 bridgehead atoms. The van der Waals surface area contributed by atoms with Gasteiger partial charge >= 0.3 is 0 Å². The molecule has 2 rings (SSSR count). The summed E-state index contributed by atoms with van der Waals surface area (Å²) < 4.78 is 11.4. The highest BCUT2D eigenvalue weighted by molar-refractivity contribution is 5.81. The van der Waals surface area contributed by atoms with Crippen molar-refractivity contribution in [2.45, 2.75) is 66.5 Å². The summed E-state index contributed by atoms with van der Waals surface area (Å²) in [4.78, 5) is 12.7. The third-order valence-electron chi connectivity index (χ3n) is 5.08. The third kappa shape index (κ3) is 5.06. The fourth-order valence-corrected chi connectivity index (χ4v) is 3.30. The summed E-state index contributed by atoms with van der Waals surface area (Å²) >= 11 is 0. The van der Waals surface area contributed by atoms with Crippen LogP contribution in [0.3, 0.4) is 0 Å². The van der Waals surface area contributed by atoms with Crippen molar-refractivity contribution >= 4 is 5.91 Å². The Labute approximate surface area is 169 Å². The number of hydrogen-bond donors (Lipinski definition) is 1. The largest absolute Gasteiger partial charge is 0.496 e. The highest BCUT2D eigenvalue weighted by Crippen LogP contribution is 2.32. The number of amides is 1. The first-order chi connectivity index (χ1) is 13.1. The lowest BCUT2D eigenvalue weighted by molar-refractivity contribution is -0.127. The normalized spacial score (nSPS) is 13.2. The van der Waals surface area contributed by atoms with E-state index in [0.29, 0.717) is 5.92 Å². The topological polar surface area (TPSA) is 47.6 Å². The summed E-state index contributed by atoms with van der Waals surface area (Å²) in [5.41, 5.74) is 5.46. The maximum Gasteiger partial charge on any atom is 0.261 e. The van der Waals surface area contributed by atoms with Crippen LogP contribution in [0.15, 0.2) is 30.3 Å². The van der Waals surface area contributed by atoms with Crippen LogP contribution in [-0.4, -0.2) is 19.1 Å². The first-order valence-electron chi connectivity index (χ1n) is 9.86. The monoisotopic (exact) mass is 383 g/mol. The molecule has 2 aromatic rings. The third-order valence-corrected chi connectivity index (χ3v) is 5.08. The van der Waals surface area contributed by atoms with Gasteiger partial charge in [0.05, 0.1) is 13.2 Å². The van der Waals surface area contributed by atoms with Crippen molar-refractivity contribution in [2.24, 2.45) is 0 Å². The minimum absolute atomic E-state index is 0.124. The van der Waals surface area contributed by atoms with Gasteiger partial charge in [0.15, 0.2) is 6.10 Å². The van der Waals surface area contributed by atoms with E-state index in [4.69, 9.17) is 9.47 Å². The molecule has 1 amide bonds. The molecule has 0 aliphatic rings. The first-order valence-corrected chi connectivity index (χ1v) is 9.86. The predicted molar refractivity (Wildman–Crippen MR) is 114 cm³/mol. The van der Waals surface area contributed by atoms with E-state index in [1.165, 1.54) is 0 Å². The van der Waals surface area contributed by atoms with E-state index in [2.05, 4.69) is 25.2 Å². The van der Waals surface area contributed by atoms with Gasteiger partial charge in [-0.05, 0) is 86.6 Å². The van der Waals surface area contributed by atoms with Crippen molar-refractivity contribution in [2.75, 3.05) is 7.11 Å². The standard InChI is InChI=1S/C24H33NO3/c1-14(2)20-13-21(17(5)12-23(20)27-8)18(6)25-24(26)19(7)28-22-11-15(3)9-10-16(22)4/h9-14,18-19H,1-8H3,(H,25,26)/t18-,19+/m1/s1. The zero-order valence-corrected chi connectivity index (χ0v) is 18.3. The highest BCUT2D eigenvalue weighted by Gasteiger charge is 2.21. The second-order valence-corrected chi connectivity index (χ2v) is 7.86. The Balaban J connectivity index is 2.15. The van der Waals surface area contributed by atoms with Crippen LogP contribution in [-0.2, 0) is 4.79 Å². The summed E-state index contributed by atoms with van der Waals surface area (Å²) in [6.07, 6.45) is -0.578. The number of carbonyl (C=O) groups excluding carboxylic acids is 1. The Morgan fingerprint density at radius 2 is 1.57 bits per heavy atom. The van der Waals surface area contributed by atoms with Gasteiger partial charge in [0.2, 0.25) is 0 Å². The molecule has 0 saturated carbocycles. The van der Waals surface area contributed by atoms with Gasteiger partial charge in [0, 0.05) is 0 Å². The van der Waals surface area contributed by atoms with Crippen molar-refractivity contribution in [1.82, 2.24) is 5.32 Å². The number of aryl methyl sites for hydroxylation is 3. The summed E-state index contributed by atoms with van der Waals surface area (Å²) in [5, 5.41) is 3.09. The van der Waals surface area contributed by atoms with E-state index >= 15 is 0 Å². The fourth-order valence-electron chi connectivity index (χ4n) is 3.30. The number of hydrogen-bond acceptors (Lipinski definition) is 3. The van der Waals surface area contributed by atoms with Gasteiger partial charge in [0.25, 0.3) is 5.91 Å². The van der Waals surface area contributed by atoms with Crippen LogP contribution in [0.4, 0.5) is 0 Å². The van der Waals surface area contributed by atoms with Crippen LogP contribution < -0.4 is 14.8 Å². The number of nitrogens with one attached hydrogen (secondary N) is 1. The Morgan fingerprint density at radius 1 is 0.893 bits per heavy atom. The van der Waals surface area contributed by atoms with Gasteiger partial charge in [-0.15, -0.1) is 0 Å². The maximum absolute atomic E-state index is 12.7. The number of methoxy groups -OCH3 is 1. The molecule has 0 unspecified atom stereocenters. The Morgan fingerprint density at radius 3 is 2.18 bits per heavy atom. The zero-order valence-electron chi connectivity index (χ0n) is 18.3. The fraction of sp³-hybridized carbons (Fsp3) is 0.458. The van der Waals surface area contributed by atoms with Crippen LogP contribution in [0.5, 0.6) is 11.5 Å². The van der Waals surface area contributed by atoms with Crippen molar-refractivity contribution in [3.63, 3.8) is 0 Å². The molecule has 0 spiro atoms. The summed E-state index contributed by atoms with van der Waals surface area (Å²) in [6, 6.07) is 10.1. The molecule has 4 nitrogen and oxygen atoms in total. The number of benzene rings is 2. The second kappa shape index (κ2) is 9.13. The molecule has 28 heavy (non-hydrogen) atoms. The number of ether oxygens (including phenoxy) is 2. The lowest BCUT2D eigenvalue weighted by atomic mass is 9.93. The average molecular weight is 384 g/mol. The molecule has 0 aliphatic carbocycles. The number of carbonyl (C=O) groups is 1. The maximum atomic E-state index is 12.7. The smallest absolute Gasteiger partial charge is 0.261 e. The Bertz CT molecular complexity index is 842. The van der Waals surface area contributed by atoms with Crippen LogP contribution in [0, 0.1) is 20.8 Å². The quantitative estimate of drug-likeness (QED) is 0.697. The number of rotatable bonds is 7. The van der Waals surface area contributed by atoms with Gasteiger partial charge in [-0.1, -0.05) is 26.0 Å². The summed E-state index contributed by atoms with van der Waals surface area (Å²) in [5.74, 6) is 1.85. The SMILES string of the molecule is COc1cc(C)c([C@@H](C)NC(=O)[C@H](C)Oc2cc(C)ccc2C)cc1C(C)C. The molecule has 4 heteroatoms. The molecule has 0 fully saturated rings. The van der Waals surface area contributed by atoms with E-state index in [-0.39, 0.29) is 11.9 Å². The van der Waals surface area contributed by atoms with Crippen molar-refractivity contribution in [3.8, 4) is 11.5 Å². The molecule has 0 aliphatic heterocycles. The first kappa shape index (κ1) is 21.8. The molecule has 0 heterocycles.